The lowest BCUT2D eigenvalue weighted by Gasteiger charge is -2.06. The number of anilines is 1. The minimum atomic E-state index is -0.144. The molecule has 0 unspecified atom stereocenters. The highest BCUT2D eigenvalue weighted by atomic mass is 35.5. The van der Waals surface area contributed by atoms with Crippen molar-refractivity contribution >= 4 is 56.8 Å². The van der Waals surface area contributed by atoms with Crippen molar-refractivity contribution in [1.29, 1.82) is 5.26 Å². The molecule has 0 aliphatic rings. The number of halogens is 2. The summed E-state index contributed by atoms with van der Waals surface area (Å²) in [6.45, 7) is 1.90. The Hall–Kier alpha value is -1.84. The quantitative estimate of drug-likeness (QED) is 0.564. The maximum Gasteiger partial charge on any atom is 0.230 e. The van der Waals surface area contributed by atoms with E-state index in [4.69, 9.17) is 23.2 Å². The third-order valence-electron chi connectivity index (χ3n) is 3.56. The SMILES string of the molecule is Cc1sc(NC(=O)Cc2cccs2)c(C#N)c1-c1ccc(Cl)cc1Cl. The third-order valence-corrected chi connectivity index (χ3v) is 6.01. The monoisotopic (exact) mass is 406 g/mol. The second kappa shape index (κ2) is 7.59. The number of aryl methyl sites for hydroxylation is 1. The Kier molecular flexibility index (Phi) is 5.45. The lowest BCUT2D eigenvalue weighted by Crippen LogP contribution is -2.13. The zero-order chi connectivity index (χ0) is 18.0. The second-order valence-electron chi connectivity index (χ2n) is 5.28. The maximum absolute atomic E-state index is 12.3. The summed E-state index contributed by atoms with van der Waals surface area (Å²) in [6.07, 6.45) is 0.288. The molecule has 3 nitrogen and oxygen atoms in total. The standard InChI is InChI=1S/C18H12Cl2N2OS2/c1-10-17(13-5-4-11(19)7-15(13)20)14(9-21)18(25-10)22-16(23)8-12-3-2-6-24-12/h2-7H,8H2,1H3,(H,22,23). The topological polar surface area (TPSA) is 52.9 Å². The molecule has 3 aromatic rings. The number of nitrogens with one attached hydrogen (secondary N) is 1. The molecule has 0 radical (unpaired) electrons. The number of amides is 1. The van der Waals surface area contributed by atoms with Gasteiger partial charge in [0, 0.05) is 30.9 Å². The van der Waals surface area contributed by atoms with Gasteiger partial charge in [-0.25, -0.2) is 0 Å². The van der Waals surface area contributed by atoms with E-state index in [-0.39, 0.29) is 12.3 Å². The van der Waals surface area contributed by atoms with Crippen molar-refractivity contribution in [3.8, 4) is 17.2 Å². The predicted octanol–water partition coefficient (Wildman–Crippen LogP) is 6.14. The molecule has 0 aliphatic heterocycles. The summed E-state index contributed by atoms with van der Waals surface area (Å²) in [5.74, 6) is -0.144. The molecule has 1 amide bonds. The normalized spacial score (nSPS) is 10.5. The van der Waals surface area contributed by atoms with E-state index in [1.807, 2.05) is 24.4 Å². The Labute approximate surface area is 163 Å². The molecule has 0 bridgehead atoms. The summed E-state index contributed by atoms with van der Waals surface area (Å²) in [7, 11) is 0. The van der Waals surface area contributed by atoms with Gasteiger partial charge in [0.25, 0.3) is 0 Å². The molecular weight excluding hydrogens is 395 g/mol. The lowest BCUT2D eigenvalue weighted by molar-refractivity contribution is -0.115. The van der Waals surface area contributed by atoms with E-state index >= 15 is 0 Å². The molecule has 0 saturated carbocycles. The highest BCUT2D eigenvalue weighted by Gasteiger charge is 2.20. The van der Waals surface area contributed by atoms with E-state index in [1.54, 1.807) is 18.2 Å². The van der Waals surface area contributed by atoms with Gasteiger partial charge >= 0.3 is 0 Å². The number of thiophene rings is 2. The fourth-order valence-corrected chi connectivity index (χ4v) is 4.74. The molecule has 1 N–H and O–H groups in total. The van der Waals surface area contributed by atoms with Crippen LogP contribution in [0.3, 0.4) is 0 Å². The van der Waals surface area contributed by atoms with Crippen molar-refractivity contribution in [1.82, 2.24) is 0 Å². The highest BCUT2D eigenvalue weighted by molar-refractivity contribution is 7.17. The van der Waals surface area contributed by atoms with Crippen LogP contribution in [0.5, 0.6) is 0 Å². The molecule has 1 aromatic carbocycles. The van der Waals surface area contributed by atoms with Gasteiger partial charge in [0.2, 0.25) is 5.91 Å². The Morgan fingerprint density at radius 1 is 1.32 bits per heavy atom. The van der Waals surface area contributed by atoms with E-state index in [9.17, 15) is 10.1 Å². The molecular formula is C18H12Cl2N2OS2. The number of carbonyl (C=O) groups is 1. The van der Waals surface area contributed by atoms with Gasteiger partial charge in [-0.05, 0) is 30.5 Å². The first-order chi connectivity index (χ1) is 12.0. The van der Waals surface area contributed by atoms with Crippen LogP contribution in [-0.2, 0) is 11.2 Å². The second-order valence-corrected chi connectivity index (χ2v) is 8.38. The van der Waals surface area contributed by atoms with E-state index in [2.05, 4.69) is 11.4 Å². The van der Waals surface area contributed by atoms with Gasteiger partial charge in [0.05, 0.1) is 12.0 Å². The van der Waals surface area contributed by atoms with Crippen molar-refractivity contribution in [2.75, 3.05) is 5.32 Å². The average molecular weight is 407 g/mol. The largest absolute Gasteiger partial charge is 0.316 e. The van der Waals surface area contributed by atoms with Crippen LogP contribution in [-0.4, -0.2) is 5.91 Å². The fourth-order valence-electron chi connectivity index (χ4n) is 2.50. The molecule has 3 rings (SSSR count). The van der Waals surface area contributed by atoms with Crippen LogP contribution in [0.15, 0.2) is 35.7 Å². The summed E-state index contributed by atoms with van der Waals surface area (Å²) < 4.78 is 0. The van der Waals surface area contributed by atoms with E-state index in [0.29, 0.717) is 20.6 Å². The molecule has 0 saturated heterocycles. The zero-order valence-electron chi connectivity index (χ0n) is 13.1. The van der Waals surface area contributed by atoms with Crippen LogP contribution >= 0.6 is 45.9 Å². The molecule has 0 atom stereocenters. The van der Waals surface area contributed by atoms with E-state index in [1.165, 1.54) is 22.7 Å². The van der Waals surface area contributed by atoms with Crippen molar-refractivity contribution in [2.24, 2.45) is 0 Å². The Balaban J connectivity index is 1.94. The smallest absolute Gasteiger partial charge is 0.230 e. The molecule has 0 fully saturated rings. The van der Waals surface area contributed by atoms with Gasteiger partial charge in [-0.2, -0.15) is 5.26 Å². The fraction of sp³-hybridized carbons (Fsp3) is 0.111. The van der Waals surface area contributed by atoms with Crippen LogP contribution in [0.4, 0.5) is 5.00 Å². The van der Waals surface area contributed by atoms with Crippen LogP contribution in [0, 0.1) is 18.3 Å². The van der Waals surface area contributed by atoms with Crippen molar-refractivity contribution in [3.05, 3.63) is 61.1 Å². The van der Waals surface area contributed by atoms with E-state index in [0.717, 1.165) is 20.9 Å². The Morgan fingerprint density at radius 2 is 2.12 bits per heavy atom. The molecule has 0 aliphatic carbocycles. The number of benzene rings is 1. The van der Waals surface area contributed by atoms with Gasteiger partial charge in [0.1, 0.15) is 11.1 Å². The lowest BCUT2D eigenvalue weighted by atomic mass is 10.0. The van der Waals surface area contributed by atoms with Crippen molar-refractivity contribution in [2.45, 2.75) is 13.3 Å². The van der Waals surface area contributed by atoms with Crippen LogP contribution < -0.4 is 5.32 Å². The van der Waals surface area contributed by atoms with Crippen molar-refractivity contribution in [3.63, 3.8) is 0 Å². The number of rotatable bonds is 4. The predicted molar refractivity (Wildman–Crippen MR) is 106 cm³/mol. The summed E-state index contributed by atoms with van der Waals surface area (Å²) in [4.78, 5) is 14.2. The molecule has 7 heteroatoms. The summed E-state index contributed by atoms with van der Waals surface area (Å²) in [6, 6.07) is 11.2. The first-order valence-electron chi connectivity index (χ1n) is 7.30. The Bertz CT molecular complexity index is 972. The number of hydrogen-bond acceptors (Lipinski definition) is 4. The average Bonchev–Trinajstić information content (AvgIpc) is 3.15. The van der Waals surface area contributed by atoms with Crippen LogP contribution in [0.1, 0.15) is 15.3 Å². The highest BCUT2D eigenvalue weighted by Crippen LogP contribution is 2.42. The third kappa shape index (κ3) is 3.88. The molecule has 2 aromatic heterocycles. The number of carbonyl (C=O) groups excluding carboxylic acids is 1. The van der Waals surface area contributed by atoms with Gasteiger partial charge in [-0.1, -0.05) is 35.3 Å². The molecule has 25 heavy (non-hydrogen) atoms. The number of nitriles is 1. The maximum atomic E-state index is 12.3. The minimum Gasteiger partial charge on any atom is -0.316 e. The molecule has 126 valence electrons. The molecule has 2 heterocycles. The van der Waals surface area contributed by atoms with Crippen LogP contribution in [0.2, 0.25) is 10.0 Å². The molecule has 0 spiro atoms. The van der Waals surface area contributed by atoms with Crippen molar-refractivity contribution < 1.29 is 4.79 Å². The van der Waals surface area contributed by atoms with Gasteiger partial charge < -0.3 is 5.32 Å². The first-order valence-corrected chi connectivity index (χ1v) is 9.76. The minimum absolute atomic E-state index is 0.144. The summed E-state index contributed by atoms with van der Waals surface area (Å²) in [5, 5.41) is 16.0. The number of nitrogens with zero attached hydrogens (tertiary/aromatic N) is 1. The Morgan fingerprint density at radius 3 is 2.76 bits per heavy atom. The van der Waals surface area contributed by atoms with E-state index < -0.39 is 0 Å². The van der Waals surface area contributed by atoms with Gasteiger partial charge in [-0.15, -0.1) is 22.7 Å². The van der Waals surface area contributed by atoms with Crippen LogP contribution in [0.25, 0.3) is 11.1 Å². The summed E-state index contributed by atoms with van der Waals surface area (Å²) >= 11 is 15.2. The first kappa shape index (κ1) is 18.0. The summed E-state index contributed by atoms with van der Waals surface area (Å²) in [5.41, 5.74) is 1.89. The zero-order valence-corrected chi connectivity index (χ0v) is 16.2. The van der Waals surface area contributed by atoms with Gasteiger partial charge in [0.15, 0.2) is 0 Å². The van der Waals surface area contributed by atoms with Gasteiger partial charge in [-0.3, -0.25) is 4.79 Å². The number of hydrogen-bond donors (Lipinski definition) is 1.